The molecule has 3 aromatic rings. The van der Waals surface area contributed by atoms with Gasteiger partial charge in [0.05, 0.1) is 19.1 Å². The van der Waals surface area contributed by atoms with Gasteiger partial charge in [0.2, 0.25) is 0 Å². The SMILES string of the molecule is C.COc1cc(C)c2[nH]ccc2c1CN1CCC(C)(CC#N)CC1.O=C(NC1CC2(C1)CC(C(=O)O)C2)c1ccccc1. The third-order valence-corrected chi connectivity index (χ3v) is 9.72. The molecule has 1 amide bonds. The number of piperidine rings is 1. The lowest BCUT2D eigenvalue weighted by Crippen LogP contribution is -2.57. The second-order valence-electron chi connectivity index (χ2n) is 13.0. The van der Waals surface area contributed by atoms with Crippen LogP contribution in [0.25, 0.3) is 10.9 Å². The van der Waals surface area contributed by atoms with E-state index in [-0.39, 0.29) is 36.1 Å². The van der Waals surface area contributed by atoms with Crippen molar-refractivity contribution in [3.63, 3.8) is 0 Å². The summed E-state index contributed by atoms with van der Waals surface area (Å²) in [4.78, 5) is 28.5. The second-order valence-corrected chi connectivity index (χ2v) is 13.0. The highest BCUT2D eigenvalue weighted by Crippen LogP contribution is 2.58. The molecule has 3 aliphatic rings. The summed E-state index contributed by atoms with van der Waals surface area (Å²) < 4.78 is 5.64. The van der Waals surface area contributed by atoms with Crippen LogP contribution in [-0.4, -0.2) is 53.1 Å². The highest BCUT2D eigenvalue weighted by Gasteiger charge is 2.55. The van der Waals surface area contributed by atoms with Crippen LogP contribution >= 0.6 is 0 Å². The van der Waals surface area contributed by atoms with E-state index in [1.165, 1.54) is 22.0 Å². The predicted molar refractivity (Wildman–Crippen MR) is 169 cm³/mol. The van der Waals surface area contributed by atoms with Gasteiger partial charge in [-0.3, -0.25) is 14.5 Å². The molecular formula is C35H46N4O4. The van der Waals surface area contributed by atoms with Gasteiger partial charge < -0.3 is 20.1 Å². The van der Waals surface area contributed by atoms with Crippen LogP contribution in [0.1, 0.15) is 80.8 Å². The first-order valence-corrected chi connectivity index (χ1v) is 15.0. The average Bonchev–Trinajstić information content (AvgIpc) is 3.43. The smallest absolute Gasteiger partial charge is 0.306 e. The summed E-state index contributed by atoms with van der Waals surface area (Å²) in [5.41, 5.74) is 4.75. The number of carbonyl (C=O) groups is 2. The van der Waals surface area contributed by atoms with Crippen molar-refractivity contribution in [2.24, 2.45) is 16.7 Å². The third kappa shape index (κ3) is 7.05. The van der Waals surface area contributed by atoms with E-state index in [2.05, 4.69) is 47.3 Å². The topological polar surface area (TPSA) is 118 Å². The Morgan fingerprint density at radius 3 is 2.42 bits per heavy atom. The zero-order valence-electron chi connectivity index (χ0n) is 24.9. The van der Waals surface area contributed by atoms with E-state index >= 15 is 0 Å². The zero-order valence-corrected chi connectivity index (χ0v) is 24.9. The average molecular weight is 587 g/mol. The first-order valence-electron chi connectivity index (χ1n) is 15.0. The third-order valence-electron chi connectivity index (χ3n) is 9.72. The van der Waals surface area contributed by atoms with Gasteiger partial charge in [-0.05, 0) is 99.2 Å². The number of benzene rings is 2. The minimum Gasteiger partial charge on any atom is -0.496 e. The molecule has 43 heavy (non-hydrogen) atoms. The summed E-state index contributed by atoms with van der Waals surface area (Å²) in [6.07, 6.45) is 8.25. The Hall–Kier alpha value is -3.83. The summed E-state index contributed by atoms with van der Waals surface area (Å²) in [6.45, 7) is 7.34. The zero-order chi connectivity index (χ0) is 29.9. The van der Waals surface area contributed by atoms with Gasteiger partial charge in [0, 0.05) is 47.2 Å². The van der Waals surface area contributed by atoms with Crippen LogP contribution in [0, 0.1) is 35.0 Å². The van der Waals surface area contributed by atoms with Crippen LogP contribution in [0.3, 0.4) is 0 Å². The Bertz CT molecular complexity index is 1450. The molecule has 2 aromatic carbocycles. The number of hydrogen-bond acceptors (Lipinski definition) is 5. The lowest BCUT2D eigenvalue weighted by atomic mass is 9.50. The fourth-order valence-corrected chi connectivity index (χ4v) is 7.06. The van der Waals surface area contributed by atoms with Crippen LogP contribution in [0.5, 0.6) is 5.75 Å². The quantitative estimate of drug-likeness (QED) is 0.284. The van der Waals surface area contributed by atoms with Gasteiger partial charge in [-0.25, -0.2) is 0 Å². The molecule has 3 N–H and O–H groups in total. The Labute approximate surface area is 255 Å². The molecule has 230 valence electrons. The van der Waals surface area contributed by atoms with Crippen molar-refractivity contribution in [2.75, 3.05) is 20.2 Å². The molecule has 0 atom stereocenters. The highest BCUT2D eigenvalue weighted by molar-refractivity contribution is 5.94. The molecule has 2 saturated carbocycles. The van der Waals surface area contributed by atoms with Gasteiger partial charge in [0.1, 0.15) is 5.75 Å². The molecule has 8 heteroatoms. The van der Waals surface area contributed by atoms with Gasteiger partial charge in [-0.15, -0.1) is 0 Å². The normalized spacial score (nSPS) is 23.9. The summed E-state index contributed by atoms with van der Waals surface area (Å²) in [7, 11) is 1.75. The number of carbonyl (C=O) groups excluding carboxylic acids is 1. The number of aromatic amines is 1. The summed E-state index contributed by atoms with van der Waals surface area (Å²) in [5.74, 6) is 0.0997. The summed E-state index contributed by atoms with van der Waals surface area (Å²) >= 11 is 0. The first-order chi connectivity index (χ1) is 20.1. The van der Waals surface area contributed by atoms with E-state index in [1.807, 2.05) is 24.4 Å². The molecule has 0 unspecified atom stereocenters. The number of ether oxygens (including phenoxy) is 1. The minimum atomic E-state index is -0.678. The van der Waals surface area contributed by atoms with Crippen molar-refractivity contribution in [2.45, 2.75) is 78.8 Å². The Kier molecular flexibility index (Phi) is 9.86. The number of methoxy groups -OCH3 is 1. The fourth-order valence-electron chi connectivity index (χ4n) is 7.06. The highest BCUT2D eigenvalue weighted by atomic mass is 16.5. The standard InChI is InChI=1S/C19H25N3O.C15H17NO3.CH4/c1-14-12-17(23-3)16(15-4-9-21-18(14)15)13-22-10-6-19(2,5-8-20)7-11-22;17-13(10-4-2-1-3-5-10)16-12-8-15(9-12)6-11(7-15)14(18)19;/h4,9,12,21H,5-7,10-11,13H2,1-3H3;1-5,11-12H,6-9H2,(H,16,17)(H,18,19);1H4. The molecular weight excluding hydrogens is 540 g/mol. The molecule has 1 aliphatic heterocycles. The number of nitrogens with zero attached hydrogens (tertiary/aromatic N) is 2. The summed E-state index contributed by atoms with van der Waals surface area (Å²) in [5, 5.41) is 22.1. The number of nitriles is 1. The second kappa shape index (κ2) is 13.2. The number of aromatic nitrogens is 1. The van der Waals surface area contributed by atoms with Crippen molar-refractivity contribution < 1.29 is 19.4 Å². The van der Waals surface area contributed by atoms with Gasteiger partial charge in [-0.1, -0.05) is 32.5 Å². The lowest BCUT2D eigenvalue weighted by Gasteiger charge is -2.56. The maximum absolute atomic E-state index is 11.9. The maximum atomic E-state index is 11.9. The van der Waals surface area contributed by atoms with Crippen LogP contribution in [-0.2, 0) is 11.3 Å². The molecule has 1 saturated heterocycles. The van der Waals surface area contributed by atoms with E-state index in [1.54, 1.807) is 19.2 Å². The number of carboxylic acids is 1. The number of nitrogens with one attached hydrogen (secondary N) is 2. The number of H-pyrrole nitrogens is 1. The van der Waals surface area contributed by atoms with E-state index in [4.69, 9.17) is 15.1 Å². The van der Waals surface area contributed by atoms with Gasteiger partial charge in [0.25, 0.3) is 5.91 Å². The molecule has 1 aromatic heterocycles. The monoisotopic (exact) mass is 586 g/mol. The first kappa shape index (κ1) is 32.1. The van der Waals surface area contributed by atoms with Gasteiger partial charge >= 0.3 is 5.97 Å². The van der Waals surface area contributed by atoms with Gasteiger partial charge in [-0.2, -0.15) is 5.26 Å². The van der Waals surface area contributed by atoms with Crippen molar-refractivity contribution in [1.82, 2.24) is 15.2 Å². The van der Waals surface area contributed by atoms with Crippen molar-refractivity contribution in [3.8, 4) is 11.8 Å². The minimum absolute atomic E-state index is 0. The number of aryl methyl sites for hydroxylation is 1. The van der Waals surface area contributed by atoms with Crippen LogP contribution < -0.4 is 10.1 Å². The van der Waals surface area contributed by atoms with Crippen LogP contribution in [0.15, 0.2) is 48.7 Å². The number of rotatable bonds is 7. The van der Waals surface area contributed by atoms with Crippen molar-refractivity contribution in [3.05, 3.63) is 65.4 Å². The van der Waals surface area contributed by atoms with Crippen LogP contribution in [0.4, 0.5) is 0 Å². The molecule has 2 heterocycles. The number of fused-ring (bicyclic) bond motifs is 1. The Morgan fingerprint density at radius 1 is 1.14 bits per heavy atom. The number of aliphatic carboxylic acids is 1. The predicted octanol–water partition coefficient (Wildman–Crippen LogP) is 6.70. The molecule has 3 fully saturated rings. The Morgan fingerprint density at radius 2 is 1.81 bits per heavy atom. The summed E-state index contributed by atoms with van der Waals surface area (Å²) in [6, 6.07) is 16.0. The molecule has 0 bridgehead atoms. The van der Waals surface area contributed by atoms with Crippen LogP contribution in [0.2, 0.25) is 0 Å². The van der Waals surface area contributed by atoms with E-state index < -0.39 is 5.97 Å². The lowest BCUT2D eigenvalue weighted by molar-refractivity contribution is -0.155. The molecule has 1 spiro atoms. The largest absolute Gasteiger partial charge is 0.496 e. The van der Waals surface area contributed by atoms with E-state index in [0.717, 1.165) is 63.9 Å². The number of hydrogen-bond donors (Lipinski definition) is 3. The maximum Gasteiger partial charge on any atom is 0.306 e. The molecule has 2 aliphatic carbocycles. The van der Waals surface area contributed by atoms with Gasteiger partial charge in [0.15, 0.2) is 0 Å². The number of carboxylic acid groups (broad SMARTS) is 1. The molecule has 6 rings (SSSR count). The number of likely N-dealkylation sites (tertiary alicyclic amines) is 1. The van der Waals surface area contributed by atoms with E-state index in [0.29, 0.717) is 12.0 Å². The van der Waals surface area contributed by atoms with E-state index in [9.17, 15) is 9.59 Å². The molecule has 8 nitrogen and oxygen atoms in total. The Balaban J connectivity index is 0.000000195. The number of amides is 1. The molecule has 0 radical (unpaired) electrons. The fraction of sp³-hybridized carbons (Fsp3) is 0.514. The van der Waals surface area contributed by atoms with Crippen molar-refractivity contribution >= 4 is 22.8 Å². The van der Waals surface area contributed by atoms with Crippen molar-refractivity contribution in [1.29, 1.82) is 5.26 Å².